The van der Waals surface area contributed by atoms with Gasteiger partial charge in [-0.2, -0.15) is 0 Å². The second kappa shape index (κ2) is 52.4. The number of phosphoric ester groups is 1. The maximum Gasteiger partial charge on any atom is 0.472 e. The molecule has 18 unspecified atom stereocenters. The fourth-order valence-electron chi connectivity index (χ4n) is 11.9. The molecular formula is C70H127O24P. The van der Waals surface area contributed by atoms with Gasteiger partial charge in [-0.05, 0) is 70.6 Å². The van der Waals surface area contributed by atoms with Gasteiger partial charge in [-0.25, -0.2) is 4.57 Å². The maximum atomic E-state index is 14.3. The number of esters is 3. The number of phosphoric acid groups is 1. The smallest absolute Gasteiger partial charge is 0.463 e. The van der Waals surface area contributed by atoms with E-state index in [0.29, 0.717) is 19.3 Å². The van der Waals surface area contributed by atoms with Crippen molar-refractivity contribution in [3.63, 3.8) is 0 Å². The molecule has 3 aliphatic rings. The molecule has 18 atom stereocenters. The molecule has 0 aromatic rings. The van der Waals surface area contributed by atoms with Crippen LogP contribution in [0.2, 0.25) is 0 Å². The second-order valence-electron chi connectivity index (χ2n) is 26.3. The third-order valence-corrected chi connectivity index (χ3v) is 18.9. The summed E-state index contributed by atoms with van der Waals surface area (Å²) in [5.74, 6) is -2.01. The summed E-state index contributed by atoms with van der Waals surface area (Å²) < 4.78 is 64.9. The molecule has 24 nitrogen and oxygen atoms in total. The Balaban J connectivity index is 1.75. The molecule has 2 aliphatic heterocycles. The molecule has 556 valence electrons. The van der Waals surface area contributed by atoms with E-state index in [1.807, 2.05) is 0 Å². The predicted molar refractivity (Wildman–Crippen MR) is 356 cm³/mol. The van der Waals surface area contributed by atoms with E-state index >= 15 is 0 Å². The Hall–Kier alpha value is -2.56. The van der Waals surface area contributed by atoms with Crippen LogP contribution in [0.25, 0.3) is 0 Å². The van der Waals surface area contributed by atoms with Crippen molar-refractivity contribution in [3.05, 3.63) is 24.3 Å². The summed E-state index contributed by atoms with van der Waals surface area (Å²) >= 11 is 0. The van der Waals surface area contributed by atoms with Gasteiger partial charge >= 0.3 is 25.7 Å². The van der Waals surface area contributed by atoms with Crippen LogP contribution in [0.5, 0.6) is 0 Å². The van der Waals surface area contributed by atoms with Gasteiger partial charge in [0, 0.05) is 19.3 Å². The fourth-order valence-corrected chi connectivity index (χ4v) is 12.9. The molecule has 0 bridgehead atoms. The van der Waals surface area contributed by atoms with Crippen LogP contribution < -0.4 is 0 Å². The molecule has 95 heavy (non-hydrogen) atoms. The highest BCUT2D eigenvalue weighted by atomic mass is 31.2. The molecule has 1 saturated carbocycles. The zero-order chi connectivity index (χ0) is 69.6. The van der Waals surface area contributed by atoms with E-state index in [0.717, 1.165) is 116 Å². The van der Waals surface area contributed by atoms with Crippen LogP contribution in [-0.4, -0.2) is 204 Å². The second-order valence-corrected chi connectivity index (χ2v) is 27.7. The van der Waals surface area contributed by atoms with Crippen molar-refractivity contribution in [2.75, 3.05) is 26.4 Å². The van der Waals surface area contributed by atoms with Gasteiger partial charge in [-0.1, -0.05) is 206 Å². The van der Waals surface area contributed by atoms with Gasteiger partial charge in [-0.3, -0.25) is 23.4 Å². The highest BCUT2D eigenvalue weighted by Crippen LogP contribution is 2.49. The fraction of sp³-hybridized carbons (Fsp3) is 0.900. The normalized spacial score (nSPS) is 28.2. The Morgan fingerprint density at radius 1 is 0.400 bits per heavy atom. The van der Waals surface area contributed by atoms with Crippen LogP contribution in [0.3, 0.4) is 0 Å². The Morgan fingerprint density at radius 3 is 1.16 bits per heavy atom. The Kier molecular flexibility index (Phi) is 47.8. The lowest BCUT2D eigenvalue weighted by molar-refractivity contribution is -0.360. The van der Waals surface area contributed by atoms with Crippen molar-refractivity contribution in [1.82, 2.24) is 0 Å². The predicted octanol–water partition coefficient (Wildman–Crippen LogP) is 9.35. The Labute approximate surface area is 566 Å². The van der Waals surface area contributed by atoms with Crippen LogP contribution in [0, 0.1) is 0 Å². The minimum absolute atomic E-state index is 0.0231. The van der Waals surface area contributed by atoms with Gasteiger partial charge < -0.3 is 89.1 Å². The van der Waals surface area contributed by atoms with Gasteiger partial charge in [0.25, 0.3) is 0 Å². The van der Waals surface area contributed by atoms with E-state index in [1.54, 1.807) is 0 Å². The Morgan fingerprint density at radius 2 is 0.737 bits per heavy atom. The molecular weight excluding hydrogens is 1260 g/mol. The number of rotatable bonds is 56. The van der Waals surface area contributed by atoms with Gasteiger partial charge in [0.1, 0.15) is 98.7 Å². The van der Waals surface area contributed by atoms with Crippen molar-refractivity contribution in [3.8, 4) is 0 Å². The van der Waals surface area contributed by atoms with E-state index in [2.05, 4.69) is 45.1 Å². The molecule has 3 fully saturated rings. The molecule has 11 N–H and O–H groups in total. The largest absolute Gasteiger partial charge is 0.472 e. The number of aliphatic hydroxyl groups excluding tert-OH is 10. The van der Waals surface area contributed by atoms with Crippen molar-refractivity contribution in [2.45, 2.75) is 375 Å². The number of hydrogen-bond acceptors (Lipinski definition) is 23. The van der Waals surface area contributed by atoms with E-state index in [1.165, 1.54) is 96.3 Å². The molecule has 1 aliphatic carbocycles. The van der Waals surface area contributed by atoms with Crippen LogP contribution in [0.4, 0.5) is 0 Å². The van der Waals surface area contributed by atoms with Crippen LogP contribution in [0.1, 0.15) is 271 Å². The highest BCUT2D eigenvalue weighted by Gasteiger charge is 2.58. The first kappa shape index (κ1) is 86.7. The van der Waals surface area contributed by atoms with Crippen LogP contribution >= 0.6 is 7.82 Å². The van der Waals surface area contributed by atoms with Crippen molar-refractivity contribution in [1.29, 1.82) is 0 Å². The average molecular weight is 1380 g/mol. The first-order chi connectivity index (χ1) is 45.8. The maximum absolute atomic E-state index is 14.3. The average Bonchev–Trinajstić information content (AvgIpc) is 0.764. The minimum Gasteiger partial charge on any atom is -0.463 e. The van der Waals surface area contributed by atoms with Gasteiger partial charge in [-0.15, -0.1) is 0 Å². The van der Waals surface area contributed by atoms with Crippen molar-refractivity contribution < 1.29 is 117 Å². The summed E-state index contributed by atoms with van der Waals surface area (Å²) in [5.41, 5.74) is 0. The molecule has 0 amide bonds. The number of ether oxygens (including phenoxy) is 7. The lowest BCUT2D eigenvalue weighted by atomic mass is 9.84. The molecule has 2 saturated heterocycles. The monoisotopic (exact) mass is 1380 g/mol. The van der Waals surface area contributed by atoms with Crippen LogP contribution in [0.15, 0.2) is 24.3 Å². The van der Waals surface area contributed by atoms with Crippen molar-refractivity contribution in [2.24, 2.45) is 0 Å². The Bertz CT molecular complexity index is 2070. The van der Waals surface area contributed by atoms with Crippen molar-refractivity contribution >= 4 is 25.7 Å². The molecule has 0 radical (unpaired) electrons. The zero-order valence-corrected chi connectivity index (χ0v) is 58.6. The SMILES string of the molecule is CCCCCC/C=C\CCCCCCCCCC(=O)OCC1OC(OC2C(O)C(O)C(O)C(OC3OC(CO)C(O)C(O)C3O)C2OP(=O)(O)OCC(COC(=O)CCCCC/C=C\CCCCCCCC)OC(=O)CCCCCCCCCCCCCC)C(O)C(O)C1O. The lowest BCUT2D eigenvalue weighted by Crippen LogP contribution is -2.69. The van der Waals surface area contributed by atoms with Crippen LogP contribution in [-0.2, 0) is 61.2 Å². The topological polar surface area (TPSA) is 374 Å². The third-order valence-electron chi connectivity index (χ3n) is 18.0. The first-order valence-corrected chi connectivity index (χ1v) is 38.1. The number of carbonyl (C=O) groups is 3. The zero-order valence-electron chi connectivity index (χ0n) is 57.7. The molecule has 0 spiro atoms. The van der Waals surface area contributed by atoms with Gasteiger partial charge in [0.2, 0.25) is 0 Å². The summed E-state index contributed by atoms with van der Waals surface area (Å²) in [7, 11) is -5.69. The number of carbonyl (C=O) groups excluding carboxylic acids is 3. The number of hydrogen-bond donors (Lipinski definition) is 11. The van der Waals surface area contributed by atoms with E-state index in [4.69, 9.17) is 42.2 Å². The molecule has 3 rings (SSSR count). The summed E-state index contributed by atoms with van der Waals surface area (Å²) in [4.78, 5) is 50.9. The summed E-state index contributed by atoms with van der Waals surface area (Å²) in [6, 6.07) is 0. The standard InChI is InChI=1S/C70H127O24P/c1-4-7-10-13-16-19-22-25-26-28-31-33-36-39-42-45-55(73)87-50-53-58(76)60(78)65(83)70(91-53)93-67-63(81)61(79)62(80)66(92-69-64(82)59(77)57(75)52(47-71)90-69)68(67)94-95(84,85)88-49-51(89-56(74)46-43-40-37-34-29-24-21-18-15-12-9-6-3)48-86-54(72)44-41-38-35-32-30-27-23-20-17-14-11-8-5-2/h19,22,27,30,51-53,57-71,75-83H,4-18,20-21,23-26,28-29,31-50H2,1-3H3,(H,84,85)/b22-19-,30-27-. The number of aliphatic hydroxyl groups is 10. The first-order valence-electron chi connectivity index (χ1n) is 36.6. The molecule has 25 heteroatoms. The quantitative estimate of drug-likeness (QED) is 0.00887. The minimum atomic E-state index is -5.69. The van der Waals surface area contributed by atoms with Gasteiger partial charge in [0.05, 0.1) is 13.2 Å². The molecule has 2 heterocycles. The van der Waals surface area contributed by atoms with Gasteiger partial charge in [0.15, 0.2) is 18.7 Å². The lowest BCUT2D eigenvalue weighted by Gasteiger charge is -2.49. The van der Waals surface area contributed by atoms with E-state index < -0.39 is 156 Å². The molecule has 0 aromatic heterocycles. The van der Waals surface area contributed by atoms with E-state index in [-0.39, 0.29) is 19.3 Å². The van der Waals surface area contributed by atoms with E-state index in [9.17, 15) is 74.9 Å². The summed E-state index contributed by atoms with van der Waals surface area (Å²) in [6.07, 6.45) is 11.2. The summed E-state index contributed by atoms with van der Waals surface area (Å²) in [6.45, 7) is 3.39. The highest BCUT2D eigenvalue weighted by molar-refractivity contribution is 7.47. The number of unbranched alkanes of at least 4 members (excludes halogenated alkanes) is 31. The summed E-state index contributed by atoms with van der Waals surface area (Å²) in [5, 5.41) is 110. The third kappa shape index (κ3) is 36.1. The number of allylic oxidation sites excluding steroid dienone is 4. The molecule has 0 aromatic carbocycles.